The van der Waals surface area contributed by atoms with Gasteiger partial charge in [0, 0.05) is 32.4 Å². The first-order chi connectivity index (χ1) is 12.4. The zero-order valence-electron chi connectivity index (χ0n) is 16.2. The maximum Gasteiger partial charge on any atom is 0.211 e. The Morgan fingerprint density at radius 3 is 2.62 bits per heavy atom. The Hall–Kier alpha value is -0.920. The summed E-state index contributed by atoms with van der Waals surface area (Å²) in [6.07, 6.45) is 10.7. The summed E-state index contributed by atoms with van der Waals surface area (Å²) < 4.78 is 27.9. The smallest absolute Gasteiger partial charge is 0.211 e. The largest absolute Gasteiger partial charge is 0.334 e. The first-order valence-corrected chi connectivity index (χ1v) is 12.0. The van der Waals surface area contributed by atoms with Crippen LogP contribution in [0.2, 0.25) is 0 Å². The van der Waals surface area contributed by atoms with Crippen molar-refractivity contribution >= 4 is 10.0 Å². The van der Waals surface area contributed by atoms with E-state index in [-0.39, 0.29) is 0 Å². The van der Waals surface area contributed by atoms with Gasteiger partial charge in [0.25, 0.3) is 0 Å². The molecule has 0 spiro atoms. The topological polar surface area (TPSA) is 58.4 Å². The number of sulfonamides is 1. The van der Waals surface area contributed by atoms with Crippen LogP contribution in [-0.2, 0) is 29.9 Å². The third-order valence-corrected chi connectivity index (χ3v) is 7.78. The van der Waals surface area contributed by atoms with Crippen molar-refractivity contribution < 1.29 is 8.42 Å². The van der Waals surface area contributed by atoms with Crippen molar-refractivity contribution in [2.24, 2.45) is 13.0 Å². The van der Waals surface area contributed by atoms with Gasteiger partial charge in [-0.3, -0.25) is 4.90 Å². The molecule has 1 aromatic heterocycles. The van der Waals surface area contributed by atoms with Gasteiger partial charge in [0.05, 0.1) is 18.0 Å². The first-order valence-electron chi connectivity index (χ1n) is 10.2. The molecule has 7 heteroatoms. The predicted molar refractivity (Wildman–Crippen MR) is 103 cm³/mol. The highest BCUT2D eigenvalue weighted by Gasteiger charge is 2.34. The third-order valence-electron chi connectivity index (χ3n) is 6.51. The number of hydrogen-bond acceptors (Lipinski definition) is 4. The number of aromatic nitrogens is 2. The SMILES string of the molecule is Cn1c([C@H]2CCCN2C[C@H]2CCCN(S(C)(=O)=O)C2)nc2c1CCCC2. The van der Waals surface area contributed by atoms with Crippen LogP contribution in [0.25, 0.3) is 0 Å². The fraction of sp³-hybridized carbons (Fsp3) is 0.842. The van der Waals surface area contributed by atoms with Crippen LogP contribution in [0.3, 0.4) is 0 Å². The van der Waals surface area contributed by atoms with E-state index in [2.05, 4.69) is 16.5 Å². The lowest BCUT2D eigenvalue weighted by Gasteiger charge is -2.35. The van der Waals surface area contributed by atoms with Crippen molar-refractivity contribution in [3.05, 3.63) is 17.2 Å². The van der Waals surface area contributed by atoms with Gasteiger partial charge >= 0.3 is 0 Å². The molecule has 2 atom stereocenters. The Labute approximate surface area is 157 Å². The van der Waals surface area contributed by atoms with Crippen molar-refractivity contribution in [2.75, 3.05) is 32.4 Å². The molecular weight excluding hydrogens is 348 g/mol. The lowest BCUT2D eigenvalue weighted by Crippen LogP contribution is -2.43. The average molecular weight is 381 g/mol. The van der Waals surface area contributed by atoms with Crippen LogP contribution in [-0.4, -0.2) is 59.6 Å². The van der Waals surface area contributed by atoms with Gasteiger partial charge < -0.3 is 4.57 Å². The second kappa shape index (κ2) is 7.24. The van der Waals surface area contributed by atoms with E-state index in [4.69, 9.17) is 4.98 Å². The van der Waals surface area contributed by atoms with E-state index in [9.17, 15) is 8.42 Å². The number of nitrogens with zero attached hydrogens (tertiary/aromatic N) is 4. The van der Waals surface area contributed by atoms with E-state index in [1.165, 1.54) is 49.2 Å². The molecule has 3 heterocycles. The van der Waals surface area contributed by atoms with Gasteiger partial charge in [0.15, 0.2) is 0 Å². The minimum Gasteiger partial charge on any atom is -0.334 e. The molecule has 0 N–H and O–H groups in total. The van der Waals surface area contributed by atoms with Crippen LogP contribution in [0.1, 0.15) is 61.8 Å². The van der Waals surface area contributed by atoms with Gasteiger partial charge in [-0.2, -0.15) is 0 Å². The van der Waals surface area contributed by atoms with E-state index in [1.807, 2.05) is 0 Å². The fourth-order valence-electron chi connectivity index (χ4n) is 5.15. The number of aryl methyl sites for hydroxylation is 1. The molecule has 2 aliphatic heterocycles. The molecule has 0 bridgehead atoms. The van der Waals surface area contributed by atoms with Gasteiger partial charge in [-0.05, 0) is 63.8 Å². The second-order valence-corrected chi connectivity index (χ2v) is 10.4. The molecule has 2 saturated heterocycles. The minimum absolute atomic E-state index is 0.402. The number of hydrogen-bond donors (Lipinski definition) is 0. The van der Waals surface area contributed by atoms with Gasteiger partial charge in [-0.1, -0.05) is 0 Å². The molecule has 146 valence electrons. The van der Waals surface area contributed by atoms with Crippen LogP contribution < -0.4 is 0 Å². The highest BCUT2D eigenvalue weighted by molar-refractivity contribution is 7.88. The van der Waals surface area contributed by atoms with Crippen LogP contribution in [0.4, 0.5) is 0 Å². The number of piperidine rings is 1. The fourth-order valence-corrected chi connectivity index (χ4v) is 6.09. The van der Waals surface area contributed by atoms with E-state index in [1.54, 1.807) is 4.31 Å². The minimum atomic E-state index is -3.07. The number of likely N-dealkylation sites (tertiary alicyclic amines) is 1. The van der Waals surface area contributed by atoms with Crippen molar-refractivity contribution in [1.82, 2.24) is 18.8 Å². The highest BCUT2D eigenvalue weighted by Crippen LogP contribution is 2.35. The van der Waals surface area contributed by atoms with Crippen molar-refractivity contribution in [1.29, 1.82) is 0 Å². The van der Waals surface area contributed by atoms with Crippen LogP contribution in [0.5, 0.6) is 0 Å². The van der Waals surface area contributed by atoms with E-state index >= 15 is 0 Å². The Morgan fingerprint density at radius 1 is 1.08 bits per heavy atom. The maximum atomic E-state index is 11.9. The molecule has 3 aliphatic rings. The molecule has 0 saturated carbocycles. The highest BCUT2D eigenvalue weighted by atomic mass is 32.2. The summed E-state index contributed by atoms with van der Waals surface area (Å²) >= 11 is 0. The molecule has 1 aromatic rings. The summed E-state index contributed by atoms with van der Waals surface area (Å²) in [4.78, 5) is 7.62. The van der Waals surface area contributed by atoms with Crippen molar-refractivity contribution in [3.8, 4) is 0 Å². The molecule has 0 radical (unpaired) electrons. The molecule has 0 amide bonds. The van der Waals surface area contributed by atoms with Crippen molar-refractivity contribution in [2.45, 2.75) is 57.4 Å². The number of rotatable bonds is 4. The summed E-state index contributed by atoms with van der Waals surface area (Å²) in [6, 6.07) is 0.402. The Morgan fingerprint density at radius 2 is 1.85 bits per heavy atom. The van der Waals surface area contributed by atoms with E-state index in [0.29, 0.717) is 25.0 Å². The second-order valence-electron chi connectivity index (χ2n) is 8.41. The predicted octanol–water partition coefficient (Wildman–Crippen LogP) is 2.11. The van der Waals surface area contributed by atoms with E-state index < -0.39 is 10.0 Å². The number of fused-ring (bicyclic) bond motifs is 1. The van der Waals surface area contributed by atoms with Gasteiger partial charge in [-0.25, -0.2) is 17.7 Å². The molecular formula is C19H32N4O2S. The van der Waals surface area contributed by atoms with Crippen LogP contribution in [0.15, 0.2) is 0 Å². The lowest BCUT2D eigenvalue weighted by atomic mass is 9.98. The summed E-state index contributed by atoms with van der Waals surface area (Å²) in [5, 5.41) is 0. The average Bonchev–Trinajstić information content (AvgIpc) is 3.19. The molecule has 0 aromatic carbocycles. The van der Waals surface area contributed by atoms with Gasteiger partial charge in [0.2, 0.25) is 10.0 Å². The zero-order chi connectivity index (χ0) is 18.3. The van der Waals surface area contributed by atoms with Crippen molar-refractivity contribution in [3.63, 3.8) is 0 Å². The maximum absolute atomic E-state index is 11.9. The number of imidazole rings is 1. The summed E-state index contributed by atoms with van der Waals surface area (Å²) in [7, 11) is -0.879. The standard InChI is InChI=1S/C19H32N4O2S/c1-21-17-9-4-3-8-16(17)20-19(21)18-10-6-11-22(18)13-15-7-5-12-23(14-15)26(2,24)25/h15,18H,3-14H2,1-2H3/t15-,18-/m1/s1. The molecule has 1 aliphatic carbocycles. The molecule has 4 rings (SSSR count). The molecule has 6 nitrogen and oxygen atoms in total. The zero-order valence-corrected chi connectivity index (χ0v) is 17.0. The van der Waals surface area contributed by atoms with Gasteiger partial charge in [0.1, 0.15) is 5.82 Å². The Bertz CT molecular complexity index is 758. The van der Waals surface area contributed by atoms with Gasteiger partial charge in [-0.15, -0.1) is 0 Å². The molecule has 2 fully saturated rings. The summed E-state index contributed by atoms with van der Waals surface area (Å²) in [5.41, 5.74) is 2.76. The Kier molecular flexibility index (Phi) is 5.14. The molecule has 0 unspecified atom stereocenters. The summed E-state index contributed by atoms with van der Waals surface area (Å²) in [6.45, 7) is 3.47. The lowest BCUT2D eigenvalue weighted by molar-refractivity contribution is 0.163. The van der Waals surface area contributed by atoms with E-state index in [0.717, 1.165) is 38.8 Å². The third kappa shape index (κ3) is 3.58. The summed E-state index contributed by atoms with van der Waals surface area (Å²) in [5.74, 6) is 1.68. The first kappa shape index (κ1) is 18.4. The monoisotopic (exact) mass is 380 g/mol. The van der Waals surface area contributed by atoms with Crippen LogP contribution in [0, 0.1) is 5.92 Å². The van der Waals surface area contributed by atoms with Crippen LogP contribution >= 0.6 is 0 Å². The normalized spacial score (nSPS) is 28.4. The molecule has 26 heavy (non-hydrogen) atoms. The quantitative estimate of drug-likeness (QED) is 0.803. The Balaban J connectivity index is 1.48.